The summed E-state index contributed by atoms with van der Waals surface area (Å²) in [6, 6.07) is 4.02. The number of hydrogen-bond donors (Lipinski definition) is 2. The van der Waals surface area contributed by atoms with Gasteiger partial charge in [-0.1, -0.05) is 18.5 Å². The summed E-state index contributed by atoms with van der Waals surface area (Å²) in [5.74, 6) is 1.41. The number of fused-ring (bicyclic) bond motifs is 4. The summed E-state index contributed by atoms with van der Waals surface area (Å²) >= 11 is 6.12. The van der Waals surface area contributed by atoms with Crippen LogP contribution in [0.2, 0.25) is 5.02 Å². The van der Waals surface area contributed by atoms with Crippen molar-refractivity contribution in [2.45, 2.75) is 45.6 Å². The number of aromatic amines is 1. The number of nitriles is 1. The van der Waals surface area contributed by atoms with Gasteiger partial charge >= 0.3 is 0 Å². The molecule has 3 aromatic rings. The zero-order valence-electron chi connectivity index (χ0n) is 16.8. The predicted octanol–water partition coefficient (Wildman–Crippen LogP) is 5.23. The third-order valence-electron chi connectivity index (χ3n) is 7.04. The van der Waals surface area contributed by atoms with E-state index in [1.54, 1.807) is 13.0 Å². The Morgan fingerprint density at radius 2 is 2.00 bits per heavy atom. The number of anilines is 1. The Bertz CT molecular complexity index is 1170. The molecule has 3 aromatic heterocycles. The molecule has 2 bridgehead atoms. The third-order valence-corrected chi connectivity index (χ3v) is 7.24. The molecule has 0 spiro atoms. The Kier molecular flexibility index (Phi) is 4.62. The normalized spacial score (nSPS) is 25.4. The van der Waals surface area contributed by atoms with Crippen molar-refractivity contribution in [1.29, 1.82) is 5.26 Å². The Balaban J connectivity index is 1.62. The van der Waals surface area contributed by atoms with Crippen molar-refractivity contribution in [3.63, 3.8) is 0 Å². The van der Waals surface area contributed by atoms with Gasteiger partial charge in [0.25, 0.3) is 0 Å². The topological polar surface area (TPSA) is 90.3 Å². The standard InChI is InChI=1S/C22H22ClFN6/c1-10-12-3-5-13(6-4-12)18(10)27-22-17(24)11(2)16(8-25)19(28-22)20-15-7-14(23)9-26-21(15)30-29-20/h7,9-10,12-13,18H,3-6H2,1-2H3,(H,27,28)(H,26,29,30)/t10-,12?,13?,18+/m1/s1. The van der Waals surface area contributed by atoms with E-state index in [1.165, 1.54) is 31.9 Å². The third kappa shape index (κ3) is 2.93. The van der Waals surface area contributed by atoms with Gasteiger partial charge in [0.1, 0.15) is 11.8 Å². The van der Waals surface area contributed by atoms with Gasteiger partial charge in [0.15, 0.2) is 17.3 Å². The van der Waals surface area contributed by atoms with Crippen LogP contribution in [0.5, 0.6) is 0 Å². The number of nitrogens with one attached hydrogen (secondary N) is 2. The van der Waals surface area contributed by atoms with Crippen LogP contribution in [0.25, 0.3) is 22.4 Å². The zero-order valence-corrected chi connectivity index (χ0v) is 17.6. The molecule has 0 unspecified atom stereocenters. The van der Waals surface area contributed by atoms with Gasteiger partial charge in [-0.15, -0.1) is 0 Å². The summed E-state index contributed by atoms with van der Waals surface area (Å²) in [7, 11) is 0. The molecule has 3 fully saturated rings. The van der Waals surface area contributed by atoms with E-state index in [0.29, 0.717) is 45.2 Å². The van der Waals surface area contributed by atoms with Crippen LogP contribution in [-0.2, 0) is 0 Å². The van der Waals surface area contributed by atoms with E-state index in [0.717, 1.165) is 0 Å². The molecule has 0 aliphatic heterocycles. The van der Waals surface area contributed by atoms with E-state index in [-0.39, 0.29) is 23.0 Å². The average molecular weight is 425 g/mol. The summed E-state index contributed by atoms with van der Waals surface area (Å²) in [6.45, 7) is 3.86. The van der Waals surface area contributed by atoms with Gasteiger partial charge in [-0.3, -0.25) is 5.10 Å². The Morgan fingerprint density at radius 1 is 1.27 bits per heavy atom. The quantitative estimate of drug-likeness (QED) is 0.600. The van der Waals surface area contributed by atoms with Crippen LogP contribution >= 0.6 is 11.6 Å². The van der Waals surface area contributed by atoms with Crippen LogP contribution in [0.4, 0.5) is 10.2 Å². The maximum absolute atomic E-state index is 15.2. The number of hydrogen-bond acceptors (Lipinski definition) is 5. The second-order valence-corrected chi connectivity index (χ2v) is 9.00. The van der Waals surface area contributed by atoms with E-state index < -0.39 is 5.82 Å². The zero-order chi connectivity index (χ0) is 21.0. The minimum Gasteiger partial charge on any atom is -0.364 e. The van der Waals surface area contributed by atoms with Crippen LogP contribution in [0, 0.1) is 41.8 Å². The first-order chi connectivity index (χ1) is 14.5. The predicted molar refractivity (Wildman–Crippen MR) is 114 cm³/mol. The fraction of sp³-hybridized carbons (Fsp3) is 0.455. The molecule has 3 heterocycles. The second-order valence-electron chi connectivity index (χ2n) is 8.56. The van der Waals surface area contributed by atoms with Gasteiger partial charge in [-0.05, 0) is 56.4 Å². The number of halogens is 2. The summed E-state index contributed by atoms with van der Waals surface area (Å²) in [5.41, 5.74) is 1.80. The number of rotatable bonds is 3. The number of pyridine rings is 2. The van der Waals surface area contributed by atoms with E-state index in [1.807, 2.05) is 0 Å². The molecule has 0 saturated heterocycles. The first-order valence-electron chi connectivity index (χ1n) is 10.3. The molecular formula is C22H22ClFN6. The highest BCUT2D eigenvalue weighted by atomic mass is 35.5. The van der Waals surface area contributed by atoms with E-state index in [9.17, 15) is 5.26 Å². The SMILES string of the molecule is Cc1c(F)c(N[C@@H]2C3CCC(CC3)[C@H]2C)nc(-c2[nH]nc3ncc(Cl)cc23)c1C#N. The molecule has 6 rings (SSSR count). The van der Waals surface area contributed by atoms with Gasteiger partial charge in [0.2, 0.25) is 0 Å². The second kappa shape index (κ2) is 7.21. The molecule has 3 aliphatic rings. The highest BCUT2D eigenvalue weighted by molar-refractivity contribution is 6.31. The number of nitrogens with zero attached hydrogens (tertiary/aromatic N) is 4. The molecule has 30 heavy (non-hydrogen) atoms. The molecule has 154 valence electrons. The monoisotopic (exact) mass is 424 g/mol. The fourth-order valence-corrected chi connectivity index (χ4v) is 5.47. The molecule has 0 amide bonds. The van der Waals surface area contributed by atoms with Gasteiger partial charge in [-0.25, -0.2) is 14.4 Å². The van der Waals surface area contributed by atoms with Gasteiger partial charge in [0, 0.05) is 23.2 Å². The summed E-state index contributed by atoms with van der Waals surface area (Å²) in [4.78, 5) is 8.79. The van der Waals surface area contributed by atoms with Gasteiger partial charge in [0.05, 0.1) is 16.3 Å². The fourth-order valence-electron chi connectivity index (χ4n) is 5.31. The van der Waals surface area contributed by atoms with Crippen LogP contribution in [-0.4, -0.2) is 26.2 Å². The first kappa shape index (κ1) is 19.3. The van der Waals surface area contributed by atoms with Crippen LogP contribution in [0.15, 0.2) is 12.3 Å². The van der Waals surface area contributed by atoms with Crippen molar-refractivity contribution in [3.05, 3.63) is 34.2 Å². The highest BCUT2D eigenvalue weighted by Crippen LogP contribution is 2.46. The molecule has 8 heteroatoms. The van der Waals surface area contributed by atoms with Crippen molar-refractivity contribution >= 4 is 28.5 Å². The van der Waals surface area contributed by atoms with Crippen LogP contribution < -0.4 is 5.32 Å². The van der Waals surface area contributed by atoms with Crippen molar-refractivity contribution in [3.8, 4) is 17.5 Å². The van der Waals surface area contributed by atoms with E-state index in [2.05, 4.69) is 38.5 Å². The molecule has 2 atom stereocenters. The highest BCUT2D eigenvalue weighted by Gasteiger charge is 2.41. The lowest BCUT2D eigenvalue weighted by Crippen LogP contribution is -2.47. The van der Waals surface area contributed by atoms with Gasteiger partial charge < -0.3 is 5.32 Å². The molecule has 3 saturated carbocycles. The summed E-state index contributed by atoms with van der Waals surface area (Å²) in [6.07, 6.45) is 6.37. The van der Waals surface area contributed by atoms with E-state index >= 15 is 4.39 Å². The lowest BCUT2D eigenvalue weighted by Gasteiger charge is -2.47. The molecular weight excluding hydrogens is 403 g/mol. The van der Waals surface area contributed by atoms with Crippen LogP contribution in [0.3, 0.4) is 0 Å². The van der Waals surface area contributed by atoms with E-state index in [4.69, 9.17) is 11.6 Å². The maximum atomic E-state index is 15.2. The maximum Gasteiger partial charge on any atom is 0.181 e. The summed E-state index contributed by atoms with van der Waals surface area (Å²) in [5, 5.41) is 21.4. The largest absolute Gasteiger partial charge is 0.364 e. The Hall–Kier alpha value is -2.72. The first-order valence-corrected chi connectivity index (χ1v) is 10.7. The average Bonchev–Trinajstić information content (AvgIpc) is 3.16. The molecule has 2 N–H and O–H groups in total. The van der Waals surface area contributed by atoms with Crippen molar-refractivity contribution in [2.24, 2.45) is 17.8 Å². The van der Waals surface area contributed by atoms with Crippen molar-refractivity contribution < 1.29 is 4.39 Å². The number of aromatic nitrogens is 4. The lowest BCUT2D eigenvalue weighted by atomic mass is 9.62. The van der Waals surface area contributed by atoms with Crippen LogP contribution in [0.1, 0.15) is 43.7 Å². The van der Waals surface area contributed by atoms with Gasteiger partial charge in [-0.2, -0.15) is 10.4 Å². The number of H-pyrrole nitrogens is 1. The minimum absolute atomic E-state index is 0.182. The molecule has 0 radical (unpaired) electrons. The minimum atomic E-state index is -0.469. The summed E-state index contributed by atoms with van der Waals surface area (Å²) < 4.78 is 15.2. The van der Waals surface area contributed by atoms with Crippen molar-refractivity contribution in [2.75, 3.05) is 5.32 Å². The molecule has 6 nitrogen and oxygen atoms in total. The molecule has 0 aromatic carbocycles. The smallest absolute Gasteiger partial charge is 0.181 e. The van der Waals surface area contributed by atoms with Crippen molar-refractivity contribution in [1.82, 2.24) is 20.2 Å². The molecule has 3 aliphatic carbocycles. The lowest BCUT2D eigenvalue weighted by molar-refractivity contribution is 0.0926. The Labute approximate surface area is 178 Å². The Morgan fingerprint density at radius 3 is 2.70 bits per heavy atom.